The minimum atomic E-state index is -0.436. The molecule has 0 saturated heterocycles. The average Bonchev–Trinajstić information content (AvgIpc) is 3.39. The minimum Gasteiger partial charge on any atom is -0.357 e. The summed E-state index contributed by atoms with van der Waals surface area (Å²) in [5.74, 6) is 0.0352. The zero-order chi connectivity index (χ0) is 20.9. The summed E-state index contributed by atoms with van der Waals surface area (Å²) < 4.78 is 0. The van der Waals surface area contributed by atoms with Crippen LogP contribution in [-0.4, -0.2) is 11.7 Å². The molecule has 2 aliphatic rings. The van der Waals surface area contributed by atoms with Gasteiger partial charge in [0.1, 0.15) is 6.04 Å². The Balaban J connectivity index is 1.78. The third-order valence-electron chi connectivity index (χ3n) is 5.66. The number of benzene rings is 1. The number of hydrogen-bond acceptors (Lipinski definition) is 5. The molecule has 1 atom stereocenters. The standard InChI is InChI=1S/C24H22N2O2S2/c1-24(2)13-16-21(18(27)14-24)22(19-9-5-11-29-19)26(23(28)20-10-6-12-30-20)17-8-4-3-7-15(17)25-16/h3-12,22,25H,13-14H2,1-2H3/t22-/m0/s1. The number of carbonyl (C=O) groups excluding carboxylic acids is 2. The molecular weight excluding hydrogens is 412 g/mol. The number of carbonyl (C=O) groups is 2. The fraction of sp³-hybridized carbons (Fsp3) is 0.250. The van der Waals surface area contributed by atoms with Gasteiger partial charge in [0, 0.05) is 22.6 Å². The predicted octanol–water partition coefficient (Wildman–Crippen LogP) is 6.27. The summed E-state index contributed by atoms with van der Waals surface area (Å²) in [4.78, 5) is 30.7. The highest BCUT2D eigenvalue weighted by Crippen LogP contribution is 2.49. The van der Waals surface area contributed by atoms with Crippen molar-refractivity contribution in [3.05, 3.63) is 80.3 Å². The van der Waals surface area contributed by atoms with E-state index < -0.39 is 6.04 Å². The first-order valence-corrected chi connectivity index (χ1v) is 11.7. The van der Waals surface area contributed by atoms with Crippen molar-refractivity contribution in [1.29, 1.82) is 0 Å². The van der Waals surface area contributed by atoms with Gasteiger partial charge >= 0.3 is 0 Å². The molecule has 0 fully saturated rings. The van der Waals surface area contributed by atoms with Gasteiger partial charge in [0.25, 0.3) is 5.91 Å². The summed E-state index contributed by atoms with van der Waals surface area (Å²) in [6, 6.07) is 15.2. The van der Waals surface area contributed by atoms with E-state index in [4.69, 9.17) is 0 Å². The van der Waals surface area contributed by atoms with Crippen molar-refractivity contribution in [2.24, 2.45) is 5.41 Å². The van der Waals surface area contributed by atoms with Gasteiger partial charge < -0.3 is 5.32 Å². The molecule has 2 aromatic heterocycles. The summed E-state index contributed by atoms with van der Waals surface area (Å²) in [7, 11) is 0. The first-order chi connectivity index (χ1) is 14.4. The number of allylic oxidation sites excluding steroid dienone is 1. The van der Waals surface area contributed by atoms with Gasteiger partial charge in [-0.3, -0.25) is 14.5 Å². The maximum atomic E-state index is 13.8. The second-order valence-corrected chi connectivity index (χ2v) is 10.5. The van der Waals surface area contributed by atoms with E-state index in [1.807, 2.05) is 64.2 Å². The molecule has 1 aromatic carbocycles. The number of fused-ring (bicyclic) bond motifs is 1. The molecule has 0 spiro atoms. The first-order valence-electron chi connectivity index (χ1n) is 9.97. The molecule has 5 rings (SSSR count). The Morgan fingerprint density at radius 3 is 2.53 bits per heavy atom. The maximum absolute atomic E-state index is 13.8. The predicted molar refractivity (Wildman–Crippen MR) is 123 cm³/mol. The lowest BCUT2D eigenvalue weighted by Crippen LogP contribution is -2.39. The Morgan fingerprint density at radius 1 is 1.03 bits per heavy atom. The van der Waals surface area contributed by atoms with Crippen molar-refractivity contribution in [3.63, 3.8) is 0 Å². The van der Waals surface area contributed by atoms with Crippen LogP contribution in [-0.2, 0) is 4.79 Å². The smallest absolute Gasteiger partial charge is 0.269 e. The van der Waals surface area contributed by atoms with Gasteiger partial charge in [-0.1, -0.05) is 38.1 Å². The van der Waals surface area contributed by atoms with Gasteiger partial charge in [0.15, 0.2) is 5.78 Å². The maximum Gasteiger partial charge on any atom is 0.269 e. The quantitative estimate of drug-likeness (QED) is 0.517. The molecule has 1 aliphatic heterocycles. The largest absolute Gasteiger partial charge is 0.357 e. The lowest BCUT2D eigenvalue weighted by Gasteiger charge is -2.36. The highest BCUT2D eigenvalue weighted by atomic mass is 32.1. The van der Waals surface area contributed by atoms with Crippen molar-refractivity contribution in [1.82, 2.24) is 0 Å². The molecule has 4 nitrogen and oxygen atoms in total. The van der Waals surface area contributed by atoms with Crippen LogP contribution in [0.5, 0.6) is 0 Å². The fourth-order valence-corrected chi connectivity index (χ4v) is 5.93. The molecule has 3 aromatic rings. The first kappa shape index (κ1) is 19.3. The van der Waals surface area contributed by atoms with Crippen molar-refractivity contribution >= 4 is 45.7 Å². The highest BCUT2D eigenvalue weighted by molar-refractivity contribution is 7.12. The van der Waals surface area contributed by atoms with Gasteiger partial charge in [-0.15, -0.1) is 22.7 Å². The van der Waals surface area contributed by atoms with E-state index in [2.05, 4.69) is 19.2 Å². The lowest BCUT2D eigenvalue weighted by atomic mass is 9.74. The normalized spacial score (nSPS) is 20.3. The van der Waals surface area contributed by atoms with E-state index in [-0.39, 0.29) is 17.1 Å². The number of hydrogen-bond donors (Lipinski definition) is 1. The van der Waals surface area contributed by atoms with Crippen molar-refractivity contribution in [2.75, 3.05) is 10.2 Å². The zero-order valence-electron chi connectivity index (χ0n) is 16.8. The Bertz CT molecular complexity index is 1140. The molecule has 0 unspecified atom stereocenters. The summed E-state index contributed by atoms with van der Waals surface area (Å²) in [6.45, 7) is 4.25. The second-order valence-electron chi connectivity index (χ2n) is 8.55. The van der Waals surface area contributed by atoms with Crippen molar-refractivity contribution in [2.45, 2.75) is 32.7 Å². The topological polar surface area (TPSA) is 49.4 Å². The van der Waals surface area contributed by atoms with Gasteiger partial charge in [0.2, 0.25) is 0 Å². The highest BCUT2D eigenvalue weighted by Gasteiger charge is 2.43. The van der Waals surface area contributed by atoms with Crippen molar-refractivity contribution in [3.8, 4) is 0 Å². The van der Waals surface area contributed by atoms with Gasteiger partial charge in [0.05, 0.1) is 16.3 Å². The number of ketones is 1. The van der Waals surface area contributed by atoms with Crippen LogP contribution in [0, 0.1) is 5.41 Å². The molecule has 0 radical (unpaired) electrons. The van der Waals surface area contributed by atoms with Gasteiger partial charge in [-0.05, 0) is 46.9 Å². The van der Waals surface area contributed by atoms with Gasteiger partial charge in [-0.2, -0.15) is 0 Å². The monoisotopic (exact) mass is 434 g/mol. The van der Waals surface area contributed by atoms with E-state index in [0.717, 1.165) is 33.9 Å². The van der Waals surface area contributed by atoms with Crippen LogP contribution in [0.1, 0.15) is 47.3 Å². The van der Waals surface area contributed by atoms with E-state index in [0.29, 0.717) is 11.3 Å². The minimum absolute atomic E-state index is 0.0796. The Morgan fingerprint density at radius 2 is 1.80 bits per heavy atom. The van der Waals surface area contributed by atoms with Crippen LogP contribution in [0.15, 0.2) is 70.6 Å². The lowest BCUT2D eigenvalue weighted by molar-refractivity contribution is -0.118. The van der Waals surface area contributed by atoms with Crippen LogP contribution < -0.4 is 10.2 Å². The number of thiophene rings is 2. The molecule has 30 heavy (non-hydrogen) atoms. The third-order valence-corrected chi connectivity index (χ3v) is 7.45. The van der Waals surface area contributed by atoms with Crippen LogP contribution in [0.4, 0.5) is 11.4 Å². The molecule has 152 valence electrons. The van der Waals surface area contributed by atoms with Crippen molar-refractivity contribution < 1.29 is 9.59 Å². The van der Waals surface area contributed by atoms with E-state index in [9.17, 15) is 9.59 Å². The van der Waals surface area contributed by atoms with E-state index in [1.165, 1.54) is 11.3 Å². The summed E-state index contributed by atoms with van der Waals surface area (Å²) >= 11 is 3.01. The molecule has 1 aliphatic carbocycles. The summed E-state index contributed by atoms with van der Waals surface area (Å²) in [5.41, 5.74) is 3.19. The number of Topliss-reactive ketones (excluding diaryl/α,β-unsaturated/α-hetero) is 1. The van der Waals surface area contributed by atoms with E-state index >= 15 is 0 Å². The SMILES string of the molecule is CC1(C)CC(=O)C2=C(C1)Nc1ccccc1N(C(=O)c1cccs1)[C@H]2c1cccs1. The van der Waals surface area contributed by atoms with Crippen LogP contribution in [0.3, 0.4) is 0 Å². The van der Waals surface area contributed by atoms with Crippen LogP contribution in [0.2, 0.25) is 0 Å². The fourth-order valence-electron chi connectivity index (χ4n) is 4.45. The van der Waals surface area contributed by atoms with E-state index in [1.54, 1.807) is 11.3 Å². The number of anilines is 2. The van der Waals surface area contributed by atoms with Crippen LogP contribution in [0.25, 0.3) is 0 Å². The zero-order valence-corrected chi connectivity index (χ0v) is 18.5. The summed E-state index contributed by atoms with van der Waals surface area (Å²) in [5, 5.41) is 7.46. The number of amides is 1. The molecule has 3 heterocycles. The summed E-state index contributed by atoms with van der Waals surface area (Å²) in [6.07, 6.45) is 1.25. The second kappa shape index (κ2) is 7.22. The molecule has 0 bridgehead atoms. The van der Waals surface area contributed by atoms with Crippen LogP contribution >= 0.6 is 22.7 Å². The average molecular weight is 435 g/mol. The Hall–Kier alpha value is -2.70. The van der Waals surface area contributed by atoms with Gasteiger partial charge in [-0.25, -0.2) is 0 Å². The molecule has 1 N–H and O–H groups in total. The Labute approximate surface area is 183 Å². The number of rotatable bonds is 2. The molecule has 6 heteroatoms. The number of para-hydroxylation sites is 2. The number of nitrogens with zero attached hydrogens (tertiary/aromatic N) is 1. The Kier molecular flexibility index (Phi) is 4.64. The third kappa shape index (κ3) is 3.20. The molecule has 1 amide bonds. The molecule has 0 saturated carbocycles. The molecular formula is C24H22N2O2S2. The number of nitrogens with one attached hydrogen (secondary N) is 1.